The third kappa shape index (κ3) is 5.00. The van der Waals surface area contributed by atoms with Crippen molar-refractivity contribution in [3.8, 4) is 28.8 Å². The van der Waals surface area contributed by atoms with Gasteiger partial charge in [0.1, 0.15) is 47.4 Å². The Bertz CT molecular complexity index is 1530. The van der Waals surface area contributed by atoms with Gasteiger partial charge in [-0.2, -0.15) is 5.26 Å². The third-order valence-electron chi connectivity index (χ3n) is 7.90. The van der Waals surface area contributed by atoms with E-state index in [-0.39, 0.29) is 12.7 Å². The molecule has 1 aliphatic heterocycles. The molecule has 198 valence electrons. The van der Waals surface area contributed by atoms with Crippen molar-refractivity contribution < 1.29 is 14.6 Å². The molecule has 39 heavy (non-hydrogen) atoms. The summed E-state index contributed by atoms with van der Waals surface area (Å²) in [7, 11) is 0. The summed E-state index contributed by atoms with van der Waals surface area (Å²) in [6, 6.07) is 14.1. The molecule has 4 aromatic rings. The maximum absolute atomic E-state index is 10.2. The molecule has 3 fully saturated rings. The molecule has 9 heteroatoms. The van der Waals surface area contributed by atoms with Gasteiger partial charge in [-0.25, -0.2) is 9.97 Å². The fraction of sp³-hybridized carbons (Fsp3) is 0.400. The Labute approximate surface area is 226 Å². The summed E-state index contributed by atoms with van der Waals surface area (Å²) < 4.78 is 13.9. The second-order valence-electron chi connectivity index (χ2n) is 10.9. The summed E-state index contributed by atoms with van der Waals surface area (Å²) in [6.45, 7) is 1.97. The van der Waals surface area contributed by atoms with Gasteiger partial charge in [-0.1, -0.05) is 0 Å². The lowest BCUT2D eigenvalue weighted by atomic mass is 10.1. The van der Waals surface area contributed by atoms with Crippen molar-refractivity contribution in [1.29, 1.82) is 5.26 Å². The van der Waals surface area contributed by atoms with Crippen molar-refractivity contribution in [2.75, 3.05) is 24.6 Å². The smallest absolute Gasteiger partial charge is 0.145 e. The monoisotopic (exact) mass is 522 g/mol. The quantitative estimate of drug-likeness (QED) is 0.361. The summed E-state index contributed by atoms with van der Waals surface area (Å²) in [5.41, 5.74) is 3.14. The Hall–Kier alpha value is -4.16. The Kier molecular flexibility index (Phi) is 5.85. The Morgan fingerprint density at radius 1 is 0.949 bits per heavy atom. The summed E-state index contributed by atoms with van der Waals surface area (Å²) in [5, 5.41) is 19.8. The number of nitrogens with zero attached hydrogens (tertiary/aromatic N) is 6. The van der Waals surface area contributed by atoms with E-state index in [1.165, 1.54) is 18.5 Å². The normalized spacial score (nSPS) is 18.6. The molecular weight excluding hydrogens is 492 g/mol. The predicted octanol–water partition coefficient (Wildman–Crippen LogP) is 4.49. The number of fused-ring (bicyclic) bond motifs is 1. The molecule has 0 bridgehead atoms. The van der Waals surface area contributed by atoms with Gasteiger partial charge in [0.05, 0.1) is 23.7 Å². The van der Waals surface area contributed by atoms with E-state index in [2.05, 4.69) is 33.1 Å². The molecule has 0 amide bonds. The minimum Gasteiger partial charge on any atom is -0.490 e. The number of hydrogen-bond acceptors (Lipinski definition) is 8. The third-order valence-corrected chi connectivity index (χ3v) is 7.90. The van der Waals surface area contributed by atoms with Crippen LogP contribution in [0.25, 0.3) is 16.9 Å². The summed E-state index contributed by atoms with van der Waals surface area (Å²) >= 11 is 0. The fourth-order valence-electron chi connectivity index (χ4n) is 5.17. The number of imidazole rings is 1. The fourth-order valence-corrected chi connectivity index (χ4v) is 5.17. The van der Waals surface area contributed by atoms with Crippen molar-refractivity contribution in [1.82, 2.24) is 19.4 Å². The Morgan fingerprint density at radius 2 is 1.79 bits per heavy atom. The van der Waals surface area contributed by atoms with E-state index in [0.717, 1.165) is 61.6 Å². The van der Waals surface area contributed by atoms with Crippen molar-refractivity contribution in [2.45, 2.75) is 56.1 Å². The Balaban J connectivity index is 1.04. The average molecular weight is 523 g/mol. The highest BCUT2D eigenvalue weighted by molar-refractivity contribution is 5.68. The molecule has 4 aromatic heterocycles. The molecule has 2 saturated carbocycles. The number of hydrogen-bond donors (Lipinski definition) is 1. The molecule has 7 rings (SSSR count). The first-order chi connectivity index (χ1) is 19.1. The topological polar surface area (TPSA) is 109 Å². The lowest BCUT2D eigenvalue weighted by Gasteiger charge is -2.33. The maximum atomic E-state index is 10.2. The van der Waals surface area contributed by atoms with E-state index in [1.54, 1.807) is 12.3 Å². The number of anilines is 1. The molecule has 0 aromatic carbocycles. The summed E-state index contributed by atoms with van der Waals surface area (Å²) in [5.74, 6) is 3.02. The number of piperidine rings is 1. The number of nitriles is 1. The zero-order valence-corrected chi connectivity index (χ0v) is 21.7. The largest absolute Gasteiger partial charge is 0.490 e. The molecule has 0 unspecified atom stereocenters. The molecule has 1 N–H and O–H groups in total. The molecule has 5 heterocycles. The van der Waals surface area contributed by atoms with Crippen molar-refractivity contribution >= 4 is 11.5 Å². The van der Waals surface area contributed by atoms with Crippen LogP contribution in [-0.4, -0.2) is 55.9 Å². The van der Waals surface area contributed by atoms with Gasteiger partial charge < -0.3 is 19.5 Å². The molecule has 9 nitrogen and oxygen atoms in total. The van der Waals surface area contributed by atoms with Crippen LogP contribution in [0, 0.1) is 11.3 Å². The van der Waals surface area contributed by atoms with Crippen LogP contribution >= 0.6 is 0 Å². The number of ether oxygens (including phenoxy) is 2. The highest BCUT2D eigenvalue weighted by Gasteiger charge is 2.41. The van der Waals surface area contributed by atoms with E-state index in [1.807, 2.05) is 35.0 Å². The van der Waals surface area contributed by atoms with Crippen molar-refractivity contribution in [3.63, 3.8) is 0 Å². The van der Waals surface area contributed by atoms with Gasteiger partial charge >= 0.3 is 0 Å². The van der Waals surface area contributed by atoms with Crippen molar-refractivity contribution in [2.24, 2.45) is 0 Å². The van der Waals surface area contributed by atoms with Crippen LogP contribution in [0.4, 0.5) is 5.82 Å². The van der Waals surface area contributed by atoms with E-state index in [4.69, 9.17) is 14.5 Å². The minimum absolute atomic E-state index is 0.171. The number of aromatic nitrogens is 4. The number of rotatable bonds is 8. The van der Waals surface area contributed by atoms with Crippen LogP contribution in [0.2, 0.25) is 0 Å². The van der Waals surface area contributed by atoms with Crippen LogP contribution in [0.3, 0.4) is 0 Å². The van der Waals surface area contributed by atoms with E-state index >= 15 is 0 Å². The van der Waals surface area contributed by atoms with Gasteiger partial charge in [-0.05, 0) is 49.9 Å². The van der Waals surface area contributed by atoms with Crippen LogP contribution in [0.15, 0.2) is 55.0 Å². The highest BCUT2D eigenvalue weighted by Crippen LogP contribution is 2.39. The molecule has 1 saturated heterocycles. The predicted molar refractivity (Wildman–Crippen MR) is 145 cm³/mol. The van der Waals surface area contributed by atoms with Crippen LogP contribution in [0.5, 0.6) is 11.5 Å². The van der Waals surface area contributed by atoms with Crippen LogP contribution in [-0.2, 0) is 0 Å². The van der Waals surface area contributed by atoms with Gasteiger partial charge in [0.15, 0.2) is 0 Å². The standard InChI is InChI=1S/C30H30N6O3/c31-15-22-17-34-29-14-25(38-19-30(37)9-10-30)13-27(36(22)29)21-3-6-28(33-16-21)35-11-7-23(8-12-35)39-24-4-5-26(32-18-24)20-1-2-20/h3-6,13-14,16-18,20,23,37H,1-2,7-12,19H2. The SMILES string of the molecule is N#Cc1cnc2cc(OCC3(O)CC3)cc(-c3ccc(N4CCC(Oc5ccc(C6CC6)nc5)CC4)nc3)n12. The second-order valence-corrected chi connectivity index (χ2v) is 10.9. The minimum atomic E-state index is -0.723. The molecule has 0 spiro atoms. The molecule has 3 aliphatic rings. The van der Waals surface area contributed by atoms with E-state index < -0.39 is 5.60 Å². The first-order valence-corrected chi connectivity index (χ1v) is 13.7. The van der Waals surface area contributed by atoms with Crippen LogP contribution < -0.4 is 14.4 Å². The highest BCUT2D eigenvalue weighted by atomic mass is 16.5. The zero-order valence-electron chi connectivity index (χ0n) is 21.7. The first-order valence-electron chi connectivity index (χ1n) is 13.7. The van der Waals surface area contributed by atoms with Gasteiger partial charge in [-0.3, -0.25) is 9.38 Å². The maximum Gasteiger partial charge on any atom is 0.145 e. The second kappa shape index (κ2) is 9.54. The summed E-state index contributed by atoms with van der Waals surface area (Å²) in [4.78, 5) is 16.0. The van der Waals surface area contributed by atoms with E-state index in [0.29, 0.717) is 23.0 Å². The Morgan fingerprint density at radius 3 is 2.46 bits per heavy atom. The van der Waals surface area contributed by atoms with Gasteiger partial charge in [-0.15, -0.1) is 0 Å². The number of pyridine rings is 3. The van der Waals surface area contributed by atoms with Gasteiger partial charge in [0.25, 0.3) is 0 Å². The van der Waals surface area contributed by atoms with E-state index in [9.17, 15) is 10.4 Å². The zero-order chi connectivity index (χ0) is 26.4. The lowest BCUT2D eigenvalue weighted by molar-refractivity contribution is 0.0857. The molecule has 0 radical (unpaired) electrons. The first kappa shape index (κ1) is 23.9. The molecular formula is C30H30N6O3. The summed E-state index contributed by atoms with van der Waals surface area (Å²) in [6.07, 6.45) is 11.3. The van der Waals surface area contributed by atoms with Gasteiger partial charge in [0.2, 0.25) is 0 Å². The number of aliphatic hydroxyl groups is 1. The lowest BCUT2D eigenvalue weighted by Crippen LogP contribution is -2.38. The average Bonchev–Trinajstić information content (AvgIpc) is 3.91. The molecule has 0 atom stereocenters. The molecule has 2 aliphatic carbocycles. The van der Waals surface area contributed by atoms with Crippen molar-refractivity contribution in [3.05, 3.63) is 66.4 Å². The van der Waals surface area contributed by atoms with Crippen LogP contribution in [0.1, 0.15) is 55.8 Å². The van der Waals surface area contributed by atoms with Gasteiger partial charge in [0, 0.05) is 61.4 Å².